The van der Waals surface area contributed by atoms with E-state index in [1.807, 2.05) is 0 Å². The van der Waals surface area contributed by atoms with Gasteiger partial charge in [0.15, 0.2) is 0 Å². The zero-order chi connectivity index (χ0) is 23.5. The highest BCUT2D eigenvalue weighted by Crippen LogP contribution is 2.34. The smallest absolute Gasteiger partial charge is 0.262 e. The molecule has 0 unspecified atom stereocenters. The fourth-order valence-electron chi connectivity index (χ4n) is 3.77. The zero-order valence-electron chi connectivity index (χ0n) is 17.7. The first-order valence-electron chi connectivity index (χ1n) is 10.3. The number of benzene rings is 3. The molecule has 33 heavy (non-hydrogen) atoms. The van der Waals surface area contributed by atoms with Gasteiger partial charge in [0.1, 0.15) is 24.0 Å². The fraction of sp³-hybridized carbons (Fsp3) is 0.160. The molecule has 3 aromatic rings. The van der Waals surface area contributed by atoms with Crippen LogP contribution in [0.25, 0.3) is 0 Å². The molecule has 0 spiro atoms. The van der Waals surface area contributed by atoms with Gasteiger partial charge in [0.05, 0.1) is 17.3 Å². The van der Waals surface area contributed by atoms with Crippen molar-refractivity contribution < 1.29 is 22.8 Å². The highest BCUT2D eigenvalue weighted by atomic mass is 19.1. The van der Waals surface area contributed by atoms with Crippen molar-refractivity contribution in [1.29, 1.82) is 0 Å². The summed E-state index contributed by atoms with van der Waals surface area (Å²) in [7, 11) is 1.36. The van der Waals surface area contributed by atoms with Crippen molar-refractivity contribution in [2.24, 2.45) is 5.10 Å². The predicted octanol–water partition coefficient (Wildman–Crippen LogP) is 4.55. The maximum absolute atomic E-state index is 14.6. The van der Waals surface area contributed by atoms with Gasteiger partial charge in [-0.25, -0.2) is 18.2 Å². The topological polar surface area (TPSA) is 53.0 Å². The Labute approximate surface area is 188 Å². The van der Waals surface area contributed by atoms with Crippen molar-refractivity contribution >= 4 is 17.5 Å². The lowest BCUT2D eigenvalue weighted by Crippen LogP contribution is -2.39. The minimum absolute atomic E-state index is 0.0958. The Morgan fingerprint density at radius 1 is 0.909 bits per heavy atom. The molecule has 1 aliphatic rings. The monoisotopic (exact) mass is 451 g/mol. The van der Waals surface area contributed by atoms with Crippen LogP contribution >= 0.6 is 0 Å². The van der Waals surface area contributed by atoms with Crippen LogP contribution in [0.1, 0.15) is 33.9 Å². The van der Waals surface area contributed by atoms with E-state index >= 15 is 0 Å². The number of rotatable bonds is 5. The summed E-state index contributed by atoms with van der Waals surface area (Å²) in [5.41, 5.74) is 0.558. The maximum atomic E-state index is 14.6. The second-order valence-corrected chi connectivity index (χ2v) is 7.65. The summed E-state index contributed by atoms with van der Waals surface area (Å²) in [4.78, 5) is 26.8. The van der Waals surface area contributed by atoms with Crippen LogP contribution in [0.15, 0.2) is 77.9 Å². The maximum Gasteiger partial charge on any atom is 0.262 e. The first-order chi connectivity index (χ1) is 15.9. The zero-order valence-corrected chi connectivity index (χ0v) is 17.7. The molecule has 0 saturated carbocycles. The lowest BCUT2D eigenvalue weighted by molar-refractivity contribution is -0.133. The third-order valence-corrected chi connectivity index (χ3v) is 5.44. The predicted molar refractivity (Wildman–Crippen MR) is 117 cm³/mol. The molecule has 168 valence electrons. The molecule has 0 saturated heterocycles. The molecule has 1 aliphatic heterocycles. The summed E-state index contributed by atoms with van der Waals surface area (Å²) in [5, 5.41) is 5.38. The van der Waals surface area contributed by atoms with Crippen molar-refractivity contribution in [3.8, 4) is 0 Å². The Morgan fingerprint density at radius 2 is 1.52 bits per heavy atom. The van der Waals surface area contributed by atoms with Crippen LogP contribution < -0.4 is 0 Å². The first-order valence-corrected chi connectivity index (χ1v) is 10.3. The quantitative estimate of drug-likeness (QED) is 0.571. The van der Waals surface area contributed by atoms with Gasteiger partial charge in [-0.15, -0.1) is 0 Å². The number of hydrazone groups is 1. The summed E-state index contributed by atoms with van der Waals surface area (Å²) in [5.74, 6) is -3.03. The van der Waals surface area contributed by atoms with E-state index in [1.54, 1.807) is 12.1 Å². The Kier molecular flexibility index (Phi) is 6.26. The lowest BCUT2D eigenvalue weighted by atomic mass is 9.97. The molecule has 8 heteroatoms. The Hall–Kier alpha value is -3.94. The van der Waals surface area contributed by atoms with Crippen molar-refractivity contribution in [3.63, 3.8) is 0 Å². The lowest BCUT2D eigenvalue weighted by Gasteiger charge is -2.25. The summed E-state index contributed by atoms with van der Waals surface area (Å²) >= 11 is 0. The number of hydrogen-bond acceptors (Lipinski definition) is 3. The number of hydrogen-bond donors (Lipinski definition) is 0. The van der Waals surface area contributed by atoms with E-state index in [4.69, 9.17) is 0 Å². The van der Waals surface area contributed by atoms with Crippen molar-refractivity contribution in [2.75, 3.05) is 13.6 Å². The summed E-state index contributed by atoms with van der Waals surface area (Å²) < 4.78 is 42.9. The Balaban J connectivity index is 1.63. The Morgan fingerprint density at radius 3 is 2.18 bits per heavy atom. The number of nitrogens with zero attached hydrogens (tertiary/aromatic N) is 3. The van der Waals surface area contributed by atoms with E-state index in [9.17, 15) is 22.8 Å². The number of carbonyl (C=O) groups is 2. The molecule has 1 heterocycles. The van der Waals surface area contributed by atoms with E-state index < -0.39 is 41.9 Å². The molecule has 0 bridgehead atoms. The van der Waals surface area contributed by atoms with Crippen LogP contribution in [-0.4, -0.2) is 41.0 Å². The minimum atomic E-state index is -0.815. The SMILES string of the molecule is CN(CC(=O)N1N=C(c2ccccc2F)C[C@H]1c1ccccc1F)C(=O)c1ccccc1F. The van der Waals surface area contributed by atoms with Crippen LogP contribution in [0.2, 0.25) is 0 Å². The average molecular weight is 451 g/mol. The van der Waals surface area contributed by atoms with E-state index in [2.05, 4.69) is 5.10 Å². The second kappa shape index (κ2) is 9.28. The normalized spacial score (nSPS) is 15.3. The third kappa shape index (κ3) is 4.50. The van der Waals surface area contributed by atoms with Crippen LogP contribution in [0.5, 0.6) is 0 Å². The van der Waals surface area contributed by atoms with Gasteiger partial charge in [-0.05, 0) is 24.3 Å². The summed E-state index contributed by atoms with van der Waals surface area (Å²) in [6, 6.07) is 16.6. The number of amides is 2. The number of halogens is 3. The highest BCUT2D eigenvalue weighted by Gasteiger charge is 2.36. The molecular formula is C25H20F3N3O2. The van der Waals surface area contributed by atoms with Crippen molar-refractivity contribution in [1.82, 2.24) is 9.91 Å². The minimum Gasteiger partial charge on any atom is -0.332 e. The first kappa shape index (κ1) is 22.3. The molecule has 0 aliphatic carbocycles. The fourth-order valence-corrected chi connectivity index (χ4v) is 3.77. The standard InChI is InChI=1S/C25H20F3N3O2/c1-30(25(33)18-10-4-7-13-21(18)28)15-24(32)31-23(17-9-3-6-12-20(17)27)14-22(29-31)16-8-2-5-11-19(16)26/h2-13,23H,14-15H2,1H3/t23-/m0/s1. The van der Waals surface area contributed by atoms with Gasteiger partial charge in [-0.2, -0.15) is 5.10 Å². The Bertz CT molecular complexity index is 1240. The molecule has 0 radical (unpaired) electrons. The van der Waals surface area contributed by atoms with Crippen LogP contribution in [0.3, 0.4) is 0 Å². The third-order valence-electron chi connectivity index (χ3n) is 5.44. The summed E-state index contributed by atoms with van der Waals surface area (Å²) in [6.45, 7) is -0.424. The molecule has 3 aromatic carbocycles. The van der Waals surface area contributed by atoms with Gasteiger partial charge in [0, 0.05) is 24.6 Å². The molecule has 0 aromatic heterocycles. The van der Waals surface area contributed by atoms with Crippen LogP contribution in [-0.2, 0) is 4.79 Å². The van der Waals surface area contributed by atoms with E-state index in [0.29, 0.717) is 0 Å². The van der Waals surface area contributed by atoms with Crippen molar-refractivity contribution in [3.05, 3.63) is 107 Å². The van der Waals surface area contributed by atoms with Gasteiger partial charge in [0.25, 0.3) is 11.8 Å². The van der Waals surface area contributed by atoms with Gasteiger partial charge >= 0.3 is 0 Å². The highest BCUT2D eigenvalue weighted by molar-refractivity contribution is 6.04. The molecule has 1 atom stereocenters. The molecule has 4 rings (SSSR count). The number of carbonyl (C=O) groups excluding carboxylic acids is 2. The van der Waals surface area contributed by atoms with Crippen molar-refractivity contribution in [2.45, 2.75) is 12.5 Å². The average Bonchev–Trinajstić information content (AvgIpc) is 3.24. The van der Waals surface area contributed by atoms with E-state index in [1.165, 1.54) is 61.6 Å². The molecular weight excluding hydrogens is 431 g/mol. The van der Waals surface area contributed by atoms with Gasteiger partial charge in [0.2, 0.25) is 0 Å². The summed E-state index contributed by atoms with van der Waals surface area (Å²) in [6.07, 6.45) is 0.0958. The molecule has 5 nitrogen and oxygen atoms in total. The largest absolute Gasteiger partial charge is 0.332 e. The van der Waals surface area contributed by atoms with Crippen LogP contribution in [0.4, 0.5) is 13.2 Å². The van der Waals surface area contributed by atoms with E-state index in [-0.39, 0.29) is 28.8 Å². The molecule has 2 amide bonds. The van der Waals surface area contributed by atoms with Gasteiger partial charge in [-0.3, -0.25) is 9.59 Å². The van der Waals surface area contributed by atoms with Gasteiger partial charge in [-0.1, -0.05) is 48.5 Å². The molecule has 0 fully saturated rings. The van der Waals surface area contributed by atoms with E-state index in [0.717, 1.165) is 16.0 Å². The number of likely N-dealkylation sites (N-methyl/N-ethyl adjacent to an activating group) is 1. The van der Waals surface area contributed by atoms with Crippen LogP contribution in [0, 0.1) is 17.5 Å². The van der Waals surface area contributed by atoms with Gasteiger partial charge < -0.3 is 4.90 Å². The molecule has 0 N–H and O–H groups in total. The second-order valence-electron chi connectivity index (χ2n) is 7.65.